The van der Waals surface area contributed by atoms with E-state index in [1.165, 1.54) is 36.3 Å². The lowest BCUT2D eigenvalue weighted by Crippen LogP contribution is -2.40. The number of ether oxygens (including phenoxy) is 2. The topological polar surface area (TPSA) is 104 Å². The third-order valence-corrected chi connectivity index (χ3v) is 7.07. The van der Waals surface area contributed by atoms with Crippen molar-refractivity contribution in [1.29, 1.82) is 0 Å². The molecular formula is C28H36N2O6. The molecule has 8 nitrogen and oxygen atoms in total. The van der Waals surface area contributed by atoms with Crippen LogP contribution in [0.1, 0.15) is 72.1 Å². The lowest BCUT2D eigenvalue weighted by atomic mass is 9.98. The molecule has 0 amide bonds. The van der Waals surface area contributed by atoms with E-state index in [0.717, 1.165) is 12.0 Å². The number of aryl methyl sites for hydroxylation is 1. The number of hydrogen-bond donors (Lipinski definition) is 1. The Hall–Kier alpha value is -2.97. The van der Waals surface area contributed by atoms with Gasteiger partial charge in [0.25, 0.3) is 0 Å². The molecular weight excluding hydrogens is 460 g/mol. The van der Waals surface area contributed by atoms with Crippen LogP contribution in [0.4, 0.5) is 0 Å². The molecule has 8 heteroatoms. The molecule has 3 heterocycles. The molecule has 1 aliphatic rings. The van der Waals surface area contributed by atoms with Crippen molar-refractivity contribution in [2.75, 3.05) is 0 Å². The van der Waals surface area contributed by atoms with E-state index in [-0.39, 0.29) is 24.0 Å². The normalized spacial score (nSPS) is 22.9. The van der Waals surface area contributed by atoms with Crippen molar-refractivity contribution in [3.05, 3.63) is 52.6 Å². The molecule has 1 fully saturated rings. The zero-order valence-electron chi connectivity index (χ0n) is 21.7. The monoisotopic (exact) mass is 496 g/mol. The molecule has 0 spiro atoms. The second kappa shape index (κ2) is 10.6. The third-order valence-electron chi connectivity index (χ3n) is 7.07. The van der Waals surface area contributed by atoms with Gasteiger partial charge in [-0.2, -0.15) is 4.98 Å². The zero-order valence-corrected chi connectivity index (χ0v) is 21.7. The summed E-state index contributed by atoms with van der Waals surface area (Å²) in [7, 11) is 0. The van der Waals surface area contributed by atoms with Crippen LogP contribution in [0.25, 0.3) is 22.4 Å². The molecule has 1 aromatic carbocycles. The van der Waals surface area contributed by atoms with Crippen LogP contribution in [-0.2, 0) is 20.7 Å². The van der Waals surface area contributed by atoms with Crippen LogP contribution in [0.3, 0.4) is 0 Å². The van der Waals surface area contributed by atoms with E-state index in [9.17, 15) is 14.7 Å². The number of unbranched alkanes of at least 4 members (excludes halogenated alkanes) is 2. The van der Waals surface area contributed by atoms with Crippen LogP contribution in [0.5, 0.6) is 0 Å². The van der Waals surface area contributed by atoms with E-state index in [1.807, 2.05) is 32.0 Å². The second-order valence-corrected chi connectivity index (χ2v) is 10.3. The van der Waals surface area contributed by atoms with Crippen LogP contribution < -0.4 is 5.69 Å². The molecule has 0 radical (unpaired) electrons. The Kier molecular flexibility index (Phi) is 7.66. The molecule has 1 N–H and O–H groups in total. The summed E-state index contributed by atoms with van der Waals surface area (Å²) in [5.41, 5.74) is 1.84. The van der Waals surface area contributed by atoms with Gasteiger partial charge in [0.2, 0.25) is 11.5 Å². The summed E-state index contributed by atoms with van der Waals surface area (Å²) in [6.45, 7) is 9.27. The van der Waals surface area contributed by atoms with E-state index >= 15 is 0 Å². The molecule has 1 saturated heterocycles. The van der Waals surface area contributed by atoms with Crippen LogP contribution in [0.2, 0.25) is 0 Å². The molecule has 3 aromatic rings. The molecule has 1 aliphatic heterocycles. The molecule has 194 valence electrons. The Morgan fingerprint density at radius 1 is 1.25 bits per heavy atom. The minimum Gasteiger partial charge on any atom is -0.456 e. The number of benzene rings is 1. The quantitative estimate of drug-likeness (QED) is 0.320. The largest absolute Gasteiger partial charge is 0.456 e. The van der Waals surface area contributed by atoms with Gasteiger partial charge in [-0.3, -0.25) is 9.36 Å². The minimum absolute atomic E-state index is 0.0994. The van der Waals surface area contributed by atoms with Crippen LogP contribution in [-0.4, -0.2) is 32.5 Å². The van der Waals surface area contributed by atoms with Gasteiger partial charge in [0.1, 0.15) is 12.0 Å². The fourth-order valence-corrected chi connectivity index (χ4v) is 4.34. The molecule has 2 aromatic heterocycles. The maximum Gasteiger partial charge on any atom is 0.353 e. The first-order valence-electron chi connectivity index (χ1n) is 12.8. The number of rotatable bonds is 9. The van der Waals surface area contributed by atoms with E-state index in [2.05, 4.69) is 24.0 Å². The average Bonchev–Trinajstić information content (AvgIpc) is 3.38. The SMILES string of the molecule is CCCCCc1ccc(-c2cc3cn(C4CC(OC(=O)C(C)C(C)C)C(C)(O)O4)c(=O)nc3o2)cc1. The van der Waals surface area contributed by atoms with Crippen molar-refractivity contribution < 1.29 is 23.8 Å². The van der Waals surface area contributed by atoms with Crippen LogP contribution in [0.15, 0.2) is 45.7 Å². The maximum atomic E-state index is 12.8. The number of aromatic nitrogens is 2. The zero-order chi connectivity index (χ0) is 26.0. The summed E-state index contributed by atoms with van der Waals surface area (Å²) in [6.07, 6.45) is 4.62. The smallest absolute Gasteiger partial charge is 0.353 e. The molecule has 36 heavy (non-hydrogen) atoms. The number of fused-ring (bicyclic) bond motifs is 1. The summed E-state index contributed by atoms with van der Waals surface area (Å²) in [5.74, 6) is -1.75. The van der Waals surface area contributed by atoms with Gasteiger partial charge in [0.15, 0.2) is 6.10 Å². The maximum absolute atomic E-state index is 12.8. The van der Waals surface area contributed by atoms with Crippen molar-refractivity contribution in [1.82, 2.24) is 9.55 Å². The van der Waals surface area contributed by atoms with Gasteiger partial charge < -0.3 is 19.0 Å². The molecule has 4 rings (SSSR count). The van der Waals surface area contributed by atoms with Crippen molar-refractivity contribution in [3.63, 3.8) is 0 Å². The first kappa shape index (κ1) is 26.1. The molecule has 4 atom stereocenters. The van der Waals surface area contributed by atoms with Crippen LogP contribution >= 0.6 is 0 Å². The first-order chi connectivity index (χ1) is 17.1. The summed E-state index contributed by atoms with van der Waals surface area (Å²) in [5, 5.41) is 11.4. The number of aliphatic hydroxyl groups is 1. The molecule has 4 unspecified atom stereocenters. The summed E-state index contributed by atoms with van der Waals surface area (Å²) >= 11 is 0. The number of carbonyl (C=O) groups excluding carboxylic acids is 1. The number of hydrogen-bond acceptors (Lipinski definition) is 7. The molecule has 0 bridgehead atoms. The van der Waals surface area contributed by atoms with Gasteiger partial charge in [-0.25, -0.2) is 4.79 Å². The van der Waals surface area contributed by atoms with Crippen molar-refractivity contribution >= 4 is 17.1 Å². The van der Waals surface area contributed by atoms with Crippen molar-refractivity contribution in [3.8, 4) is 11.3 Å². The molecule has 0 saturated carbocycles. The Labute approximate surface area is 211 Å². The van der Waals surface area contributed by atoms with Gasteiger partial charge in [0.05, 0.1) is 11.3 Å². The lowest BCUT2D eigenvalue weighted by molar-refractivity contribution is -0.234. The Morgan fingerprint density at radius 3 is 2.64 bits per heavy atom. The van der Waals surface area contributed by atoms with Crippen LogP contribution in [0, 0.1) is 11.8 Å². The Bertz CT molecular complexity index is 1260. The fourth-order valence-electron chi connectivity index (χ4n) is 4.34. The predicted octanol–water partition coefficient (Wildman–Crippen LogP) is 5.22. The third kappa shape index (κ3) is 5.55. The van der Waals surface area contributed by atoms with E-state index in [1.54, 1.807) is 13.1 Å². The van der Waals surface area contributed by atoms with Gasteiger partial charge in [-0.15, -0.1) is 0 Å². The minimum atomic E-state index is -1.73. The van der Waals surface area contributed by atoms with Gasteiger partial charge in [-0.1, -0.05) is 64.8 Å². The number of nitrogens with zero attached hydrogens (tertiary/aromatic N) is 2. The average molecular weight is 497 g/mol. The van der Waals surface area contributed by atoms with E-state index in [4.69, 9.17) is 13.9 Å². The van der Waals surface area contributed by atoms with Gasteiger partial charge in [-0.05, 0) is 37.3 Å². The summed E-state index contributed by atoms with van der Waals surface area (Å²) < 4.78 is 18.5. The van der Waals surface area contributed by atoms with E-state index < -0.39 is 29.8 Å². The number of esters is 1. The summed E-state index contributed by atoms with van der Waals surface area (Å²) in [4.78, 5) is 29.3. The lowest BCUT2D eigenvalue weighted by Gasteiger charge is -2.25. The fraction of sp³-hybridized carbons (Fsp3) is 0.536. The number of furan rings is 1. The highest BCUT2D eigenvalue weighted by atomic mass is 16.7. The molecule has 0 aliphatic carbocycles. The standard InChI is InChI=1S/C28H36N2O6/c1-6-7-8-9-19-10-12-20(13-11-19)22-14-21-16-30(27(32)29-25(21)34-22)24-15-23(28(5,33)36-24)35-26(31)18(4)17(2)3/h10-14,16-18,23-24,33H,6-9,15H2,1-5H3. The van der Waals surface area contributed by atoms with Gasteiger partial charge in [0, 0.05) is 18.2 Å². The van der Waals surface area contributed by atoms with Crippen molar-refractivity contribution in [2.24, 2.45) is 11.8 Å². The first-order valence-corrected chi connectivity index (χ1v) is 12.8. The predicted molar refractivity (Wildman–Crippen MR) is 136 cm³/mol. The second-order valence-electron chi connectivity index (χ2n) is 10.3. The highest BCUT2D eigenvalue weighted by Crippen LogP contribution is 2.37. The van der Waals surface area contributed by atoms with Crippen molar-refractivity contribution in [2.45, 2.75) is 84.8 Å². The summed E-state index contributed by atoms with van der Waals surface area (Å²) in [6, 6.07) is 10.1. The highest BCUT2D eigenvalue weighted by Gasteiger charge is 2.48. The van der Waals surface area contributed by atoms with Gasteiger partial charge >= 0.3 is 11.7 Å². The van der Waals surface area contributed by atoms with E-state index in [0.29, 0.717) is 11.1 Å². The number of carbonyl (C=O) groups is 1. The Balaban J connectivity index is 1.53. The Morgan fingerprint density at radius 2 is 1.97 bits per heavy atom. The highest BCUT2D eigenvalue weighted by molar-refractivity contribution is 5.79.